The van der Waals surface area contributed by atoms with Crippen LogP contribution < -0.4 is 5.32 Å². The van der Waals surface area contributed by atoms with Gasteiger partial charge in [-0.05, 0) is 12.1 Å². The van der Waals surface area contributed by atoms with Crippen LogP contribution in [-0.2, 0) is 9.47 Å². The van der Waals surface area contributed by atoms with Crippen molar-refractivity contribution in [3.05, 3.63) is 35.4 Å². The van der Waals surface area contributed by atoms with Crippen LogP contribution >= 0.6 is 0 Å². The summed E-state index contributed by atoms with van der Waals surface area (Å²) >= 11 is 0. The monoisotopic (exact) mass is 289 g/mol. The molecule has 2 rings (SSSR count). The Balaban J connectivity index is 2.07. The van der Waals surface area contributed by atoms with Crippen molar-refractivity contribution in [2.45, 2.75) is 12.0 Å². The van der Waals surface area contributed by atoms with Gasteiger partial charge in [0.15, 0.2) is 0 Å². The van der Waals surface area contributed by atoms with E-state index in [0.717, 1.165) is 6.42 Å². The number of amides is 1. The first-order valence-electron chi connectivity index (χ1n) is 6.81. The summed E-state index contributed by atoms with van der Waals surface area (Å²) in [6.45, 7) is 1.28. The molecular formula is C16H19NO4. The van der Waals surface area contributed by atoms with Crippen molar-refractivity contribution in [2.75, 3.05) is 33.5 Å². The van der Waals surface area contributed by atoms with Crippen molar-refractivity contribution < 1.29 is 19.4 Å². The molecule has 1 aliphatic heterocycles. The number of carbonyl (C=O) groups is 1. The molecule has 1 atom stereocenters. The number of aliphatic hydroxyl groups is 1. The second-order valence-corrected chi connectivity index (χ2v) is 4.88. The molecule has 1 unspecified atom stereocenters. The van der Waals surface area contributed by atoms with Gasteiger partial charge in [-0.15, -0.1) is 0 Å². The Morgan fingerprint density at radius 1 is 1.52 bits per heavy atom. The SMILES string of the molecule is COC1(CNC(=O)c2ccccc2C#CCO)CCOC1. The van der Waals surface area contributed by atoms with E-state index in [4.69, 9.17) is 14.6 Å². The lowest BCUT2D eigenvalue weighted by atomic mass is 10.0. The smallest absolute Gasteiger partial charge is 0.252 e. The van der Waals surface area contributed by atoms with Gasteiger partial charge in [0, 0.05) is 32.2 Å². The molecule has 2 N–H and O–H groups in total. The van der Waals surface area contributed by atoms with Gasteiger partial charge < -0.3 is 19.9 Å². The number of aliphatic hydroxyl groups excluding tert-OH is 1. The minimum atomic E-state index is -0.443. The molecule has 5 nitrogen and oxygen atoms in total. The molecule has 21 heavy (non-hydrogen) atoms. The second kappa shape index (κ2) is 7.23. The number of carbonyl (C=O) groups excluding carboxylic acids is 1. The van der Waals surface area contributed by atoms with Crippen molar-refractivity contribution in [1.82, 2.24) is 5.32 Å². The van der Waals surface area contributed by atoms with E-state index in [-0.39, 0.29) is 12.5 Å². The molecule has 1 aromatic carbocycles. The van der Waals surface area contributed by atoms with Crippen LogP contribution in [0.1, 0.15) is 22.3 Å². The first-order chi connectivity index (χ1) is 10.2. The normalized spacial score (nSPS) is 20.7. The maximum atomic E-state index is 12.3. The molecule has 1 aromatic rings. The molecule has 1 amide bonds. The molecule has 1 aliphatic rings. The van der Waals surface area contributed by atoms with Crippen molar-refractivity contribution in [1.29, 1.82) is 0 Å². The number of rotatable bonds is 4. The zero-order valence-electron chi connectivity index (χ0n) is 12.0. The summed E-state index contributed by atoms with van der Waals surface area (Å²) in [7, 11) is 1.63. The first-order valence-corrected chi connectivity index (χ1v) is 6.81. The molecule has 5 heteroatoms. The molecule has 0 saturated carbocycles. The summed E-state index contributed by atoms with van der Waals surface area (Å²) in [4.78, 5) is 12.3. The minimum Gasteiger partial charge on any atom is -0.384 e. The molecule has 0 spiro atoms. The van der Waals surface area contributed by atoms with E-state index in [9.17, 15) is 4.79 Å². The fourth-order valence-corrected chi connectivity index (χ4v) is 2.22. The van der Waals surface area contributed by atoms with Gasteiger partial charge in [0.1, 0.15) is 12.2 Å². The van der Waals surface area contributed by atoms with E-state index in [1.54, 1.807) is 31.4 Å². The Bertz CT molecular complexity index is 553. The molecule has 1 fully saturated rings. The highest BCUT2D eigenvalue weighted by molar-refractivity contribution is 5.96. The van der Waals surface area contributed by atoms with Crippen LogP contribution in [0.25, 0.3) is 0 Å². The highest BCUT2D eigenvalue weighted by Crippen LogP contribution is 2.21. The van der Waals surface area contributed by atoms with Crippen LogP contribution in [0.15, 0.2) is 24.3 Å². The number of hydrogen-bond donors (Lipinski definition) is 2. The number of methoxy groups -OCH3 is 1. The largest absolute Gasteiger partial charge is 0.384 e. The third-order valence-corrected chi connectivity index (χ3v) is 3.55. The van der Waals surface area contributed by atoms with Crippen molar-refractivity contribution in [2.24, 2.45) is 0 Å². The highest BCUT2D eigenvalue weighted by atomic mass is 16.5. The van der Waals surface area contributed by atoms with Crippen LogP contribution in [0.5, 0.6) is 0 Å². The summed E-state index contributed by atoms with van der Waals surface area (Å²) in [5.74, 6) is 5.13. The van der Waals surface area contributed by atoms with Gasteiger partial charge in [0.2, 0.25) is 0 Å². The topological polar surface area (TPSA) is 67.8 Å². The summed E-state index contributed by atoms with van der Waals surface area (Å²) in [6.07, 6.45) is 0.760. The Morgan fingerprint density at radius 2 is 2.33 bits per heavy atom. The molecule has 1 heterocycles. The van der Waals surface area contributed by atoms with Crippen molar-refractivity contribution in [3.8, 4) is 11.8 Å². The molecular weight excluding hydrogens is 270 g/mol. The average molecular weight is 289 g/mol. The zero-order chi connectivity index (χ0) is 15.1. The average Bonchev–Trinajstić information content (AvgIpc) is 3.00. The molecule has 112 valence electrons. The lowest BCUT2D eigenvalue weighted by Gasteiger charge is -2.25. The van der Waals surface area contributed by atoms with Crippen molar-refractivity contribution >= 4 is 5.91 Å². The maximum Gasteiger partial charge on any atom is 0.252 e. The number of nitrogens with one attached hydrogen (secondary N) is 1. The summed E-state index contributed by atoms with van der Waals surface area (Å²) < 4.78 is 10.8. The Morgan fingerprint density at radius 3 is 3.00 bits per heavy atom. The lowest BCUT2D eigenvalue weighted by Crippen LogP contribution is -2.45. The standard InChI is InChI=1S/C16H19NO4/c1-20-16(8-10-21-12-16)11-17-15(19)14-7-3-2-5-13(14)6-4-9-18/h2-3,5,7,18H,8-12H2,1H3,(H,17,19). The van der Waals surface area contributed by atoms with E-state index in [0.29, 0.717) is 30.9 Å². The van der Waals surface area contributed by atoms with Gasteiger partial charge in [-0.1, -0.05) is 24.0 Å². The van der Waals surface area contributed by atoms with Gasteiger partial charge in [-0.3, -0.25) is 4.79 Å². The molecule has 0 bridgehead atoms. The van der Waals surface area contributed by atoms with Gasteiger partial charge >= 0.3 is 0 Å². The predicted octanol–water partition coefficient (Wildman–Crippen LogP) is 0.566. The quantitative estimate of drug-likeness (QED) is 0.795. The fraction of sp³-hybridized carbons (Fsp3) is 0.438. The molecule has 0 aliphatic carbocycles. The summed E-state index contributed by atoms with van der Waals surface area (Å²) in [5, 5.41) is 11.6. The van der Waals surface area contributed by atoms with Gasteiger partial charge in [-0.2, -0.15) is 0 Å². The van der Waals surface area contributed by atoms with E-state index >= 15 is 0 Å². The summed E-state index contributed by atoms with van der Waals surface area (Å²) in [5.41, 5.74) is 0.642. The number of hydrogen-bond acceptors (Lipinski definition) is 4. The predicted molar refractivity (Wildman–Crippen MR) is 77.9 cm³/mol. The van der Waals surface area contributed by atoms with Gasteiger partial charge in [0.05, 0.1) is 12.2 Å². The molecule has 0 aromatic heterocycles. The van der Waals surface area contributed by atoms with Gasteiger partial charge in [0.25, 0.3) is 5.91 Å². The second-order valence-electron chi connectivity index (χ2n) is 4.88. The number of benzene rings is 1. The van der Waals surface area contributed by atoms with Crippen molar-refractivity contribution in [3.63, 3.8) is 0 Å². The third-order valence-electron chi connectivity index (χ3n) is 3.55. The Kier molecular flexibility index (Phi) is 5.34. The Labute approximate surface area is 124 Å². The van der Waals surface area contributed by atoms with E-state index in [2.05, 4.69) is 17.2 Å². The van der Waals surface area contributed by atoms with E-state index in [1.165, 1.54) is 0 Å². The first kappa shape index (κ1) is 15.5. The van der Waals surface area contributed by atoms with Crippen LogP contribution in [0.3, 0.4) is 0 Å². The van der Waals surface area contributed by atoms with Crippen LogP contribution in [0.2, 0.25) is 0 Å². The molecule has 1 saturated heterocycles. The zero-order valence-corrected chi connectivity index (χ0v) is 12.0. The Hall–Kier alpha value is -1.87. The lowest BCUT2D eigenvalue weighted by molar-refractivity contribution is -0.0148. The highest BCUT2D eigenvalue weighted by Gasteiger charge is 2.35. The van der Waals surface area contributed by atoms with E-state index < -0.39 is 5.60 Å². The maximum absolute atomic E-state index is 12.3. The number of ether oxygens (including phenoxy) is 2. The van der Waals surface area contributed by atoms with Crippen LogP contribution in [-0.4, -0.2) is 50.1 Å². The van der Waals surface area contributed by atoms with Gasteiger partial charge in [-0.25, -0.2) is 0 Å². The minimum absolute atomic E-state index is 0.207. The fourth-order valence-electron chi connectivity index (χ4n) is 2.22. The third kappa shape index (κ3) is 3.82. The molecule has 0 radical (unpaired) electrons. The summed E-state index contributed by atoms with van der Waals surface area (Å²) in [6, 6.07) is 7.05. The van der Waals surface area contributed by atoms with E-state index in [1.807, 2.05) is 0 Å². The van der Waals surface area contributed by atoms with Crippen LogP contribution in [0.4, 0.5) is 0 Å². The van der Waals surface area contributed by atoms with Crippen LogP contribution in [0, 0.1) is 11.8 Å².